The van der Waals surface area contributed by atoms with Gasteiger partial charge in [0.1, 0.15) is 0 Å². The number of piperidine rings is 1. The highest BCUT2D eigenvalue weighted by Gasteiger charge is 2.35. The van der Waals surface area contributed by atoms with Gasteiger partial charge in [0, 0.05) is 10.9 Å². The van der Waals surface area contributed by atoms with Crippen molar-refractivity contribution in [2.75, 3.05) is 20.1 Å². The zero-order chi connectivity index (χ0) is 19.6. The number of halogens is 4. The average Bonchev–Trinajstić information content (AvgIpc) is 3.05. The van der Waals surface area contributed by atoms with Gasteiger partial charge in [-0.2, -0.15) is 18.3 Å². The van der Waals surface area contributed by atoms with Gasteiger partial charge in [-0.3, -0.25) is 4.79 Å². The maximum atomic E-state index is 13.1. The third kappa shape index (κ3) is 4.81. The molecule has 1 aromatic carbocycles. The number of nitrogens with zero attached hydrogens (tertiary/aromatic N) is 3. The van der Waals surface area contributed by atoms with Crippen LogP contribution in [0.1, 0.15) is 24.2 Å². The third-order valence-electron chi connectivity index (χ3n) is 4.66. The van der Waals surface area contributed by atoms with Crippen molar-refractivity contribution in [3.63, 3.8) is 0 Å². The highest BCUT2D eigenvalue weighted by molar-refractivity contribution is 6.30. The van der Waals surface area contributed by atoms with Gasteiger partial charge >= 0.3 is 6.18 Å². The molecule has 0 spiro atoms. The van der Waals surface area contributed by atoms with Crippen molar-refractivity contribution in [3.05, 3.63) is 46.7 Å². The van der Waals surface area contributed by atoms with E-state index in [1.165, 1.54) is 10.7 Å². The van der Waals surface area contributed by atoms with Crippen LogP contribution in [0.5, 0.6) is 0 Å². The van der Waals surface area contributed by atoms with E-state index >= 15 is 0 Å². The van der Waals surface area contributed by atoms with Gasteiger partial charge in [0.05, 0.1) is 17.9 Å². The lowest BCUT2D eigenvalue weighted by Crippen LogP contribution is -2.38. The summed E-state index contributed by atoms with van der Waals surface area (Å²) >= 11 is 5.95. The summed E-state index contributed by atoms with van der Waals surface area (Å²) in [5, 5.41) is 6.81. The lowest BCUT2D eigenvalue weighted by Gasteiger charge is -2.28. The molecule has 0 aliphatic carbocycles. The minimum Gasteiger partial charge on any atom is -0.350 e. The molecule has 1 fully saturated rings. The molecule has 2 heterocycles. The summed E-state index contributed by atoms with van der Waals surface area (Å²) in [5.41, 5.74) is -0.363. The second kappa shape index (κ2) is 7.90. The molecule has 146 valence electrons. The van der Waals surface area contributed by atoms with Gasteiger partial charge in [-0.1, -0.05) is 17.7 Å². The van der Waals surface area contributed by atoms with E-state index in [-0.39, 0.29) is 24.1 Å². The van der Waals surface area contributed by atoms with Gasteiger partial charge in [0.2, 0.25) is 5.91 Å². The van der Waals surface area contributed by atoms with Crippen molar-refractivity contribution < 1.29 is 18.0 Å². The van der Waals surface area contributed by atoms with E-state index in [9.17, 15) is 18.0 Å². The standard InChI is InChI=1S/C18H20ClF3N4O/c1-25-7-5-12(6-8-25)17(27)23-11-15-10-16(18(20,21)22)24-26(15)14-4-2-3-13(19)9-14/h2-4,9-10,12H,5-8,11H2,1H3,(H,23,27). The average molecular weight is 401 g/mol. The molecule has 3 rings (SSSR count). The first-order valence-electron chi connectivity index (χ1n) is 8.62. The Kier molecular flexibility index (Phi) is 5.76. The molecule has 27 heavy (non-hydrogen) atoms. The first kappa shape index (κ1) is 19.7. The molecule has 1 aromatic heterocycles. The highest BCUT2D eigenvalue weighted by atomic mass is 35.5. The maximum absolute atomic E-state index is 13.1. The summed E-state index contributed by atoms with van der Waals surface area (Å²) < 4.78 is 40.5. The van der Waals surface area contributed by atoms with E-state index in [4.69, 9.17) is 11.6 Å². The molecule has 1 aliphatic heterocycles. The molecular formula is C18H20ClF3N4O. The van der Waals surface area contributed by atoms with Crippen LogP contribution >= 0.6 is 11.6 Å². The van der Waals surface area contributed by atoms with Crippen molar-refractivity contribution >= 4 is 17.5 Å². The van der Waals surface area contributed by atoms with Crippen LogP contribution in [0.25, 0.3) is 5.69 Å². The predicted molar refractivity (Wildman–Crippen MR) is 95.6 cm³/mol. The molecule has 1 amide bonds. The number of nitrogens with one attached hydrogen (secondary N) is 1. The van der Waals surface area contributed by atoms with Crippen LogP contribution in [0.15, 0.2) is 30.3 Å². The Labute approximate surface area is 160 Å². The topological polar surface area (TPSA) is 50.2 Å². The number of carbonyl (C=O) groups is 1. The molecule has 2 aromatic rings. The minimum absolute atomic E-state index is 0.0409. The summed E-state index contributed by atoms with van der Waals surface area (Å²) in [6, 6.07) is 7.35. The first-order valence-corrected chi connectivity index (χ1v) is 9.00. The zero-order valence-electron chi connectivity index (χ0n) is 14.8. The molecule has 0 unspecified atom stereocenters. The molecule has 1 N–H and O–H groups in total. The quantitative estimate of drug-likeness (QED) is 0.854. The normalized spacial score (nSPS) is 16.5. The van der Waals surface area contributed by atoms with Crippen LogP contribution in [0.4, 0.5) is 13.2 Å². The van der Waals surface area contributed by atoms with Crippen molar-refractivity contribution in [3.8, 4) is 5.69 Å². The summed E-state index contributed by atoms with van der Waals surface area (Å²) in [4.78, 5) is 14.5. The number of hydrogen-bond acceptors (Lipinski definition) is 3. The SMILES string of the molecule is CN1CCC(C(=O)NCc2cc(C(F)(F)F)nn2-c2cccc(Cl)c2)CC1. The van der Waals surface area contributed by atoms with Crippen LogP contribution in [-0.2, 0) is 17.5 Å². The van der Waals surface area contributed by atoms with Gasteiger partial charge in [-0.25, -0.2) is 4.68 Å². The smallest absolute Gasteiger partial charge is 0.350 e. The van der Waals surface area contributed by atoms with Crippen LogP contribution in [-0.4, -0.2) is 40.7 Å². The fourth-order valence-corrected chi connectivity index (χ4v) is 3.29. The number of aromatic nitrogens is 2. The number of amides is 1. The van der Waals surface area contributed by atoms with Crippen LogP contribution in [0, 0.1) is 5.92 Å². The first-order chi connectivity index (χ1) is 12.7. The third-order valence-corrected chi connectivity index (χ3v) is 4.89. The molecule has 0 saturated carbocycles. The minimum atomic E-state index is -4.57. The van der Waals surface area contributed by atoms with Gasteiger partial charge < -0.3 is 10.2 Å². The van der Waals surface area contributed by atoms with E-state index < -0.39 is 11.9 Å². The van der Waals surface area contributed by atoms with Crippen molar-refractivity contribution in [2.24, 2.45) is 5.92 Å². The Balaban J connectivity index is 1.79. The van der Waals surface area contributed by atoms with E-state index in [2.05, 4.69) is 15.3 Å². The molecule has 0 radical (unpaired) electrons. The summed E-state index contributed by atoms with van der Waals surface area (Å²) in [6.45, 7) is 1.62. The van der Waals surface area contributed by atoms with Crippen LogP contribution in [0.2, 0.25) is 5.02 Å². The number of benzene rings is 1. The van der Waals surface area contributed by atoms with Crippen molar-refractivity contribution in [1.29, 1.82) is 0 Å². The largest absolute Gasteiger partial charge is 0.435 e. The fourth-order valence-electron chi connectivity index (χ4n) is 3.11. The summed E-state index contributed by atoms with van der Waals surface area (Å²) in [5.74, 6) is -0.263. The molecule has 1 saturated heterocycles. The molecule has 1 aliphatic rings. The monoisotopic (exact) mass is 400 g/mol. The predicted octanol–water partition coefficient (Wildman–Crippen LogP) is 3.50. The second-order valence-corrected chi connectivity index (χ2v) is 7.14. The van der Waals surface area contributed by atoms with E-state index in [0.29, 0.717) is 10.7 Å². The van der Waals surface area contributed by atoms with Gasteiger partial charge in [-0.05, 0) is 57.2 Å². The highest BCUT2D eigenvalue weighted by Crippen LogP contribution is 2.30. The fraction of sp³-hybridized carbons (Fsp3) is 0.444. The van der Waals surface area contributed by atoms with E-state index in [0.717, 1.165) is 32.0 Å². The molecule has 9 heteroatoms. The maximum Gasteiger partial charge on any atom is 0.435 e. The lowest BCUT2D eigenvalue weighted by molar-refractivity contribution is -0.141. The Morgan fingerprint density at radius 2 is 2.00 bits per heavy atom. The summed E-state index contributed by atoms with van der Waals surface area (Å²) in [6.07, 6.45) is -3.09. The number of carbonyl (C=O) groups excluding carboxylic acids is 1. The Hall–Kier alpha value is -2.06. The number of likely N-dealkylation sites (tertiary alicyclic amines) is 1. The molecule has 0 bridgehead atoms. The van der Waals surface area contributed by atoms with Crippen LogP contribution in [0.3, 0.4) is 0 Å². The van der Waals surface area contributed by atoms with Crippen molar-refractivity contribution in [2.45, 2.75) is 25.6 Å². The van der Waals surface area contributed by atoms with E-state index in [1.54, 1.807) is 18.2 Å². The Bertz CT molecular complexity index is 813. The second-order valence-electron chi connectivity index (χ2n) is 6.71. The molecular weight excluding hydrogens is 381 g/mol. The van der Waals surface area contributed by atoms with E-state index in [1.807, 2.05) is 7.05 Å². The lowest BCUT2D eigenvalue weighted by atomic mass is 9.96. The Morgan fingerprint density at radius 1 is 1.30 bits per heavy atom. The van der Waals surface area contributed by atoms with Gasteiger partial charge in [0.15, 0.2) is 5.69 Å². The van der Waals surface area contributed by atoms with Crippen LogP contribution < -0.4 is 5.32 Å². The number of rotatable bonds is 4. The Morgan fingerprint density at radius 3 is 2.63 bits per heavy atom. The number of alkyl halides is 3. The molecule has 0 atom stereocenters. The zero-order valence-corrected chi connectivity index (χ0v) is 15.5. The summed E-state index contributed by atoms with van der Waals surface area (Å²) in [7, 11) is 2.00. The molecule has 5 nitrogen and oxygen atoms in total. The van der Waals surface area contributed by atoms with Crippen molar-refractivity contribution in [1.82, 2.24) is 20.0 Å². The number of hydrogen-bond donors (Lipinski definition) is 1. The van der Waals surface area contributed by atoms with Gasteiger partial charge in [0.25, 0.3) is 0 Å². The van der Waals surface area contributed by atoms with Gasteiger partial charge in [-0.15, -0.1) is 0 Å².